The molecule has 0 bridgehead atoms. The molecule has 2 atom stereocenters. The van der Waals surface area contributed by atoms with Crippen LogP contribution in [0.5, 0.6) is 0 Å². The second-order valence-corrected chi connectivity index (χ2v) is 4.98. The van der Waals surface area contributed by atoms with Crippen molar-refractivity contribution in [3.8, 4) is 0 Å². The SMILES string of the molecule is CC(C)C[C@H](NC(=O)[C@@H](N)Cc1cnc[nH]1)C(N)=O. The van der Waals surface area contributed by atoms with Crippen LogP contribution in [0.3, 0.4) is 0 Å². The van der Waals surface area contributed by atoms with E-state index >= 15 is 0 Å². The summed E-state index contributed by atoms with van der Waals surface area (Å²) < 4.78 is 0. The van der Waals surface area contributed by atoms with Crippen LogP contribution in [-0.4, -0.2) is 33.9 Å². The van der Waals surface area contributed by atoms with Crippen LogP contribution in [0.2, 0.25) is 0 Å². The maximum Gasteiger partial charge on any atom is 0.240 e. The van der Waals surface area contributed by atoms with E-state index in [4.69, 9.17) is 11.5 Å². The van der Waals surface area contributed by atoms with Crippen molar-refractivity contribution in [2.75, 3.05) is 0 Å². The van der Waals surface area contributed by atoms with Crippen molar-refractivity contribution in [2.24, 2.45) is 17.4 Å². The molecular formula is C12H21N5O2. The molecule has 7 nitrogen and oxygen atoms in total. The number of nitrogens with two attached hydrogens (primary N) is 2. The molecule has 0 fully saturated rings. The molecule has 1 aromatic rings. The van der Waals surface area contributed by atoms with E-state index in [0.29, 0.717) is 12.8 Å². The number of hydrogen-bond donors (Lipinski definition) is 4. The summed E-state index contributed by atoms with van der Waals surface area (Å²) in [5.74, 6) is -0.684. The number of hydrogen-bond acceptors (Lipinski definition) is 4. The molecule has 0 aromatic carbocycles. The van der Waals surface area contributed by atoms with Gasteiger partial charge in [0.25, 0.3) is 0 Å². The highest BCUT2D eigenvalue weighted by Crippen LogP contribution is 2.05. The van der Waals surface area contributed by atoms with Crippen molar-refractivity contribution in [1.29, 1.82) is 0 Å². The second-order valence-electron chi connectivity index (χ2n) is 4.98. The van der Waals surface area contributed by atoms with Gasteiger partial charge >= 0.3 is 0 Å². The first kappa shape index (κ1) is 15.2. The van der Waals surface area contributed by atoms with Gasteiger partial charge in [-0.15, -0.1) is 0 Å². The summed E-state index contributed by atoms with van der Waals surface area (Å²) in [7, 11) is 0. The Morgan fingerprint density at radius 2 is 2.16 bits per heavy atom. The first-order valence-corrected chi connectivity index (χ1v) is 6.22. The van der Waals surface area contributed by atoms with Gasteiger partial charge in [0.05, 0.1) is 12.4 Å². The molecule has 1 heterocycles. The molecule has 0 saturated carbocycles. The van der Waals surface area contributed by atoms with Crippen LogP contribution in [-0.2, 0) is 16.0 Å². The van der Waals surface area contributed by atoms with Crippen molar-refractivity contribution in [1.82, 2.24) is 15.3 Å². The van der Waals surface area contributed by atoms with Gasteiger partial charge in [0.2, 0.25) is 11.8 Å². The van der Waals surface area contributed by atoms with Crippen LogP contribution >= 0.6 is 0 Å². The zero-order valence-corrected chi connectivity index (χ0v) is 11.2. The minimum absolute atomic E-state index is 0.252. The molecule has 1 rings (SSSR count). The Kier molecular flexibility index (Phi) is 5.50. The van der Waals surface area contributed by atoms with Crippen molar-refractivity contribution < 1.29 is 9.59 Å². The number of rotatable bonds is 7. The fourth-order valence-corrected chi connectivity index (χ4v) is 1.72. The number of aromatic amines is 1. The Balaban J connectivity index is 2.53. The van der Waals surface area contributed by atoms with Gasteiger partial charge < -0.3 is 21.8 Å². The third-order valence-electron chi connectivity index (χ3n) is 2.70. The van der Waals surface area contributed by atoms with E-state index in [0.717, 1.165) is 5.69 Å². The first-order chi connectivity index (χ1) is 8.90. The first-order valence-electron chi connectivity index (χ1n) is 6.22. The molecule has 1 aromatic heterocycles. The van der Waals surface area contributed by atoms with Crippen LogP contribution in [0.4, 0.5) is 0 Å². The molecule has 0 saturated heterocycles. The van der Waals surface area contributed by atoms with Gasteiger partial charge in [0, 0.05) is 18.3 Å². The van der Waals surface area contributed by atoms with Gasteiger partial charge in [-0.3, -0.25) is 9.59 Å². The maximum atomic E-state index is 11.9. The third-order valence-corrected chi connectivity index (χ3v) is 2.70. The molecule has 0 aliphatic carbocycles. The van der Waals surface area contributed by atoms with Crippen molar-refractivity contribution in [3.05, 3.63) is 18.2 Å². The molecule has 6 N–H and O–H groups in total. The minimum Gasteiger partial charge on any atom is -0.368 e. The van der Waals surface area contributed by atoms with E-state index in [-0.39, 0.29) is 11.8 Å². The maximum absolute atomic E-state index is 11.9. The minimum atomic E-state index is -0.741. The summed E-state index contributed by atoms with van der Waals surface area (Å²) in [6.45, 7) is 3.90. The summed E-state index contributed by atoms with van der Waals surface area (Å²) in [6, 6.07) is -1.42. The van der Waals surface area contributed by atoms with E-state index in [1.165, 1.54) is 6.33 Å². The Bertz CT molecular complexity index is 416. The lowest BCUT2D eigenvalue weighted by atomic mass is 10.0. The standard InChI is InChI=1S/C12H21N5O2/c1-7(2)3-10(11(14)18)17-12(19)9(13)4-8-5-15-6-16-8/h5-7,9-10H,3-4,13H2,1-2H3,(H2,14,18)(H,15,16)(H,17,19)/t9-,10-/m0/s1. The van der Waals surface area contributed by atoms with Gasteiger partial charge in [-0.05, 0) is 12.3 Å². The predicted octanol–water partition coefficient (Wildman–Crippen LogP) is -0.704. The predicted molar refractivity (Wildman–Crippen MR) is 70.8 cm³/mol. The van der Waals surface area contributed by atoms with Crippen LogP contribution in [0.1, 0.15) is 26.0 Å². The van der Waals surface area contributed by atoms with E-state index in [9.17, 15) is 9.59 Å². The van der Waals surface area contributed by atoms with E-state index in [1.807, 2.05) is 13.8 Å². The van der Waals surface area contributed by atoms with Gasteiger partial charge in [-0.25, -0.2) is 4.98 Å². The molecule has 0 spiro atoms. The molecular weight excluding hydrogens is 246 g/mol. The Morgan fingerprint density at radius 3 is 2.63 bits per heavy atom. The zero-order valence-electron chi connectivity index (χ0n) is 11.2. The number of nitrogens with zero attached hydrogens (tertiary/aromatic N) is 1. The fourth-order valence-electron chi connectivity index (χ4n) is 1.72. The average Bonchev–Trinajstić information content (AvgIpc) is 2.79. The number of amides is 2. The second kappa shape index (κ2) is 6.89. The lowest BCUT2D eigenvalue weighted by Crippen LogP contribution is -2.51. The highest BCUT2D eigenvalue weighted by molar-refractivity contribution is 5.88. The highest BCUT2D eigenvalue weighted by atomic mass is 16.2. The summed E-state index contributed by atoms with van der Waals surface area (Å²) in [5.41, 5.74) is 11.8. The molecule has 7 heteroatoms. The van der Waals surface area contributed by atoms with Crippen molar-refractivity contribution in [3.63, 3.8) is 0 Å². The van der Waals surface area contributed by atoms with Crippen molar-refractivity contribution >= 4 is 11.8 Å². The van der Waals surface area contributed by atoms with Crippen LogP contribution < -0.4 is 16.8 Å². The number of imidazole rings is 1. The summed E-state index contributed by atoms with van der Waals surface area (Å²) in [6.07, 6.45) is 3.95. The summed E-state index contributed by atoms with van der Waals surface area (Å²) in [5, 5.41) is 2.59. The fraction of sp³-hybridized carbons (Fsp3) is 0.583. The molecule has 2 amide bonds. The number of nitrogens with one attached hydrogen (secondary N) is 2. The Morgan fingerprint density at radius 1 is 1.47 bits per heavy atom. The van der Waals surface area contributed by atoms with Gasteiger partial charge in [-0.1, -0.05) is 13.8 Å². The Labute approximate surface area is 112 Å². The lowest BCUT2D eigenvalue weighted by molar-refractivity contribution is -0.128. The highest BCUT2D eigenvalue weighted by Gasteiger charge is 2.23. The summed E-state index contributed by atoms with van der Waals surface area (Å²) >= 11 is 0. The number of carbonyl (C=O) groups excluding carboxylic acids is 2. The molecule has 106 valence electrons. The largest absolute Gasteiger partial charge is 0.368 e. The van der Waals surface area contributed by atoms with Crippen molar-refractivity contribution in [2.45, 2.75) is 38.8 Å². The lowest BCUT2D eigenvalue weighted by Gasteiger charge is -2.19. The number of primary amides is 1. The Hall–Kier alpha value is -1.89. The molecule has 19 heavy (non-hydrogen) atoms. The number of carbonyl (C=O) groups is 2. The average molecular weight is 267 g/mol. The quantitative estimate of drug-likeness (QED) is 0.520. The van der Waals surface area contributed by atoms with Crippen LogP contribution in [0.15, 0.2) is 12.5 Å². The molecule has 0 aliphatic rings. The third kappa shape index (κ3) is 5.09. The smallest absolute Gasteiger partial charge is 0.240 e. The zero-order chi connectivity index (χ0) is 14.4. The molecule has 0 unspecified atom stereocenters. The normalized spacial score (nSPS) is 14.1. The summed E-state index contributed by atoms with van der Waals surface area (Å²) in [4.78, 5) is 29.9. The van der Waals surface area contributed by atoms with E-state index in [2.05, 4.69) is 15.3 Å². The topological polar surface area (TPSA) is 127 Å². The molecule has 0 aliphatic heterocycles. The van der Waals surface area contributed by atoms with E-state index in [1.54, 1.807) is 6.20 Å². The van der Waals surface area contributed by atoms with Crippen LogP contribution in [0.25, 0.3) is 0 Å². The number of aromatic nitrogens is 2. The van der Waals surface area contributed by atoms with E-state index < -0.39 is 18.0 Å². The van der Waals surface area contributed by atoms with Crippen LogP contribution in [0, 0.1) is 5.92 Å². The van der Waals surface area contributed by atoms with Gasteiger partial charge in [0.15, 0.2) is 0 Å². The van der Waals surface area contributed by atoms with Gasteiger partial charge in [-0.2, -0.15) is 0 Å². The van der Waals surface area contributed by atoms with Gasteiger partial charge in [0.1, 0.15) is 6.04 Å². The number of H-pyrrole nitrogens is 1. The molecule has 0 radical (unpaired) electrons. The monoisotopic (exact) mass is 267 g/mol.